The number of anilines is 1. The van der Waals surface area contributed by atoms with Crippen molar-refractivity contribution < 1.29 is 4.74 Å². The Morgan fingerprint density at radius 1 is 1.50 bits per heavy atom. The van der Waals surface area contributed by atoms with E-state index in [1.165, 1.54) is 0 Å². The SMILES string of the molecule is CC(Nc1cnn(CC2CCCO2)c1)c1ccnn1C. The lowest BCUT2D eigenvalue weighted by Crippen LogP contribution is -2.15. The van der Waals surface area contributed by atoms with Gasteiger partial charge in [0.15, 0.2) is 0 Å². The highest BCUT2D eigenvalue weighted by molar-refractivity contribution is 5.40. The van der Waals surface area contributed by atoms with Gasteiger partial charge in [-0.15, -0.1) is 0 Å². The second-order valence-corrected chi connectivity index (χ2v) is 5.33. The van der Waals surface area contributed by atoms with E-state index in [0.717, 1.165) is 37.4 Å². The van der Waals surface area contributed by atoms with Crippen molar-refractivity contribution in [2.24, 2.45) is 7.05 Å². The fraction of sp³-hybridized carbons (Fsp3) is 0.571. The van der Waals surface area contributed by atoms with E-state index in [-0.39, 0.29) is 6.04 Å². The van der Waals surface area contributed by atoms with Crippen molar-refractivity contribution in [2.45, 2.75) is 38.5 Å². The van der Waals surface area contributed by atoms with Crippen LogP contribution in [0.2, 0.25) is 0 Å². The number of nitrogens with zero attached hydrogens (tertiary/aromatic N) is 4. The molecule has 2 aromatic rings. The van der Waals surface area contributed by atoms with Crippen molar-refractivity contribution in [3.05, 3.63) is 30.4 Å². The third kappa shape index (κ3) is 2.85. The Hall–Kier alpha value is -1.82. The Labute approximate surface area is 118 Å². The van der Waals surface area contributed by atoms with E-state index in [1.54, 1.807) is 0 Å². The van der Waals surface area contributed by atoms with Gasteiger partial charge in [-0.2, -0.15) is 10.2 Å². The van der Waals surface area contributed by atoms with Crippen molar-refractivity contribution in [2.75, 3.05) is 11.9 Å². The smallest absolute Gasteiger partial charge is 0.0771 e. The molecule has 0 aromatic carbocycles. The zero-order valence-corrected chi connectivity index (χ0v) is 12.0. The fourth-order valence-electron chi connectivity index (χ4n) is 2.67. The third-order valence-corrected chi connectivity index (χ3v) is 3.73. The summed E-state index contributed by atoms with van der Waals surface area (Å²) in [6.07, 6.45) is 8.32. The molecular weight excluding hydrogens is 254 g/mol. The molecule has 20 heavy (non-hydrogen) atoms. The Morgan fingerprint density at radius 2 is 2.40 bits per heavy atom. The topological polar surface area (TPSA) is 56.9 Å². The first-order valence-corrected chi connectivity index (χ1v) is 7.11. The highest BCUT2D eigenvalue weighted by atomic mass is 16.5. The van der Waals surface area contributed by atoms with Crippen LogP contribution in [0.25, 0.3) is 0 Å². The van der Waals surface area contributed by atoms with Gasteiger partial charge in [0.05, 0.1) is 36.3 Å². The fourth-order valence-corrected chi connectivity index (χ4v) is 2.67. The molecule has 2 unspecified atom stereocenters. The summed E-state index contributed by atoms with van der Waals surface area (Å²) >= 11 is 0. The van der Waals surface area contributed by atoms with Crippen LogP contribution in [0.3, 0.4) is 0 Å². The lowest BCUT2D eigenvalue weighted by molar-refractivity contribution is 0.0940. The molecule has 2 aromatic heterocycles. The molecule has 0 saturated carbocycles. The Bertz CT molecular complexity index is 555. The molecule has 0 aliphatic carbocycles. The molecule has 1 N–H and O–H groups in total. The lowest BCUT2D eigenvalue weighted by Gasteiger charge is -2.13. The summed E-state index contributed by atoms with van der Waals surface area (Å²) in [6, 6.07) is 2.22. The molecule has 1 aliphatic heterocycles. The number of ether oxygens (including phenoxy) is 1. The molecule has 1 aliphatic rings. The molecular formula is C14H21N5O. The van der Waals surface area contributed by atoms with Crippen LogP contribution in [-0.4, -0.2) is 32.3 Å². The monoisotopic (exact) mass is 275 g/mol. The van der Waals surface area contributed by atoms with Crippen molar-refractivity contribution in [3.8, 4) is 0 Å². The highest BCUT2D eigenvalue weighted by Crippen LogP contribution is 2.19. The van der Waals surface area contributed by atoms with Crippen molar-refractivity contribution in [1.29, 1.82) is 0 Å². The van der Waals surface area contributed by atoms with Gasteiger partial charge in [0.2, 0.25) is 0 Å². The summed E-state index contributed by atoms with van der Waals surface area (Å²) in [6.45, 7) is 3.84. The van der Waals surface area contributed by atoms with E-state index in [2.05, 4.69) is 22.4 Å². The zero-order chi connectivity index (χ0) is 13.9. The number of nitrogens with one attached hydrogen (secondary N) is 1. The minimum atomic E-state index is 0.197. The standard InChI is InChI=1S/C14H21N5O/c1-11(14-5-6-15-18(14)2)17-12-8-16-19(9-12)10-13-4-3-7-20-13/h5-6,8-9,11,13,17H,3-4,7,10H2,1-2H3. The summed E-state index contributed by atoms with van der Waals surface area (Å²) in [4.78, 5) is 0. The quantitative estimate of drug-likeness (QED) is 0.906. The van der Waals surface area contributed by atoms with Crippen LogP contribution in [0.5, 0.6) is 0 Å². The second-order valence-electron chi connectivity index (χ2n) is 5.33. The Morgan fingerprint density at radius 3 is 3.10 bits per heavy atom. The van der Waals surface area contributed by atoms with Crippen LogP contribution in [0.15, 0.2) is 24.7 Å². The normalized spacial score (nSPS) is 20.2. The van der Waals surface area contributed by atoms with E-state index in [9.17, 15) is 0 Å². The van der Waals surface area contributed by atoms with Gasteiger partial charge in [-0.05, 0) is 25.8 Å². The molecule has 0 radical (unpaired) electrons. The first kappa shape index (κ1) is 13.2. The predicted molar refractivity (Wildman–Crippen MR) is 76.4 cm³/mol. The molecule has 1 fully saturated rings. The molecule has 6 nitrogen and oxygen atoms in total. The van der Waals surface area contributed by atoms with Crippen LogP contribution in [0, 0.1) is 0 Å². The van der Waals surface area contributed by atoms with Gasteiger partial charge in [-0.1, -0.05) is 0 Å². The number of hydrogen-bond acceptors (Lipinski definition) is 4. The average Bonchev–Trinajstić information content (AvgIpc) is 3.12. The van der Waals surface area contributed by atoms with Gasteiger partial charge < -0.3 is 10.1 Å². The first-order chi connectivity index (χ1) is 9.72. The van der Waals surface area contributed by atoms with Crippen molar-refractivity contribution in [3.63, 3.8) is 0 Å². The molecule has 0 amide bonds. The van der Waals surface area contributed by atoms with Crippen LogP contribution >= 0.6 is 0 Å². The molecule has 0 bridgehead atoms. The van der Waals surface area contributed by atoms with Crippen LogP contribution in [0.4, 0.5) is 5.69 Å². The maximum absolute atomic E-state index is 5.63. The van der Waals surface area contributed by atoms with Gasteiger partial charge in [-0.25, -0.2) is 0 Å². The van der Waals surface area contributed by atoms with Crippen LogP contribution < -0.4 is 5.32 Å². The predicted octanol–water partition coefficient (Wildman–Crippen LogP) is 1.97. The lowest BCUT2D eigenvalue weighted by atomic mass is 10.2. The van der Waals surface area contributed by atoms with Gasteiger partial charge in [0.25, 0.3) is 0 Å². The molecule has 0 spiro atoms. The van der Waals surface area contributed by atoms with E-state index >= 15 is 0 Å². The maximum atomic E-state index is 5.63. The van der Waals surface area contributed by atoms with E-state index in [1.807, 2.05) is 41.1 Å². The van der Waals surface area contributed by atoms with E-state index in [4.69, 9.17) is 4.74 Å². The molecule has 1 saturated heterocycles. The zero-order valence-electron chi connectivity index (χ0n) is 12.0. The summed E-state index contributed by atoms with van der Waals surface area (Å²) in [7, 11) is 1.95. The molecule has 108 valence electrons. The van der Waals surface area contributed by atoms with E-state index < -0.39 is 0 Å². The number of aromatic nitrogens is 4. The minimum Gasteiger partial charge on any atom is -0.376 e. The van der Waals surface area contributed by atoms with Gasteiger partial charge in [0.1, 0.15) is 0 Å². The Kier molecular flexibility index (Phi) is 3.73. The summed E-state index contributed by atoms with van der Waals surface area (Å²) in [5, 5.41) is 12.0. The van der Waals surface area contributed by atoms with Crippen LogP contribution in [0.1, 0.15) is 31.5 Å². The highest BCUT2D eigenvalue weighted by Gasteiger charge is 2.16. The number of aryl methyl sites for hydroxylation is 1. The van der Waals surface area contributed by atoms with Crippen molar-refractivity contribution in [1.82, 2.24) is 19.6 Å². The summed E-state index contributed by atoms with van der Waals surface area (Å²) in [5.41, 5.74) is 2.17. The molecule has 6 heteroatoms. The Balaban J connectivity index is 1.60. The van der Waals surface area contributed by atoms with E-state index in [0.29, 0.717) is 6.10 Å². The third-order valence-electron chi connectivity index (χ3n) is 3.73. The number of rotatable bonds is 5. The summed E-state index contributed by atoms with van der Waals surface area (Å²) in [5.74, 6) is 0. The first-order valence-electron chi connectivity index (χ1n) is 7.11. The largest absolute Gasteiger partial charge is 0.376 e. The molecule has 2 atom stereocenters. The number of hydrogen-bond donors (Lipinski definition) is 1. The molecule has 3 heterocycles. The summed E-state index contributed by atoms with van der Waals surface area (Å²) < 4.78 is 9.47. The van der Waals surface area contributed by atoms with Crippen LogP contribution in [-0.2, 0) is 18.3 Å². The van der Waals surface area contributed by atoms with Gasteiger partial charge in [-0.3, -0.25) is 9.36 Å². The maximum Gasteiger partial charge on any atom is 0.0771 e. The van der Waals surface area contributed by atoms with Gasteiger partial charge >= 0.3 is 0 Å². The second kappa shape index (κ2) is 5.66. The minimum absolute atomic E-state index is 0.197. The van der Waals surface area contributed by atoms with Gasteiger partial charge in [0, 0.05) is 26.0 Å². The van der Waals surface area contributed by atoms with Crippen molar-refractivity contribution >= 4 is 5.69 Å². The molecule has 3 rings (SSSR count). The average molecular weight is 275 g/mol.